The minimum absolute atomic E-state index is 0.0552. The van der Waals surface area contributed by atoms with Gasteiger partial charge in [-0.25, -0.2) is 4.79 Å². The molecule has 0 saturated carbocycles. The third-order valence-electron chi connectivity index (χ3n) is 5.62. The molecule has 1 fully saturated rings. The molecule has 0 aliphatic carbocycles. The summed E-state index contributed by atoms with van der Waals surface area (Å²) in [4.78, 5) is 29.7. The normalized spacial score (nSPS) is 15.3. The van der Waals surface area contributed by atoms with Crippen LogP contribution in [0.2, 0.25) is 0 Å². The molecule has 3 aromatic rings. The molecule has 6 nitrogen and oxygen atoms in total. The number of aromatic amines is 1. The van der Waals surface area contributed by atoms with E-state index in [2.05, 4.69) is 48.5 Å². The quantitative estimate of drug-likeness (QED) is 0.599. The van der Waals surface area contributed by atoms with E-state index in [1.807, 2.05) is 43.3 Å². The third-order valence-corrected chi connectivity index (χ3v) is 5.62. The van der Waals surface area contributed by atoms with Gasteiger partial charge in [0.25, 0.3) is 5.91 Å². The van der Waals surface area contributed by atoms with E-state index in [4.69, 9.17) is 0 Å². The van der Waals surface area contributed by atoms with Gasteiger partial charge in [-0.05, 0) is 53.8 Å². The van der Waals surface area contributed by atoms with Gasteiger partial charge < -0.3 is 15.6 Å². The lowest BCUT2D eigenvalue weighted by Crippen LogP contribution is -2.29. The first-order valence-electron chi connectivity index (χ1n) is 10.3. The number of aromatic nitrogens is 1. The molecule has 30 heavy (non-hydrogen) atoms. The molecule has 2 heterocycles. The summed E-state index contributed by atoms with van der Waals surface area (Å²) in [6, 6.07) is 15.6. The topological polar surface area (TPSA) is 77.2 Å². The molecule has 1 atom stereocenters. The van der Waals surface area contributed by atoms with Crippen molar-refractivity contribution >= 4 is 28.5 Å². The van der Waals surface area contributed by atoms with Crippen LogP contribution in [0.15, 0.2) is 48.5 Å². The van der Waals surface area contributed by atoms with E-state index in [0.717, 1.165) is 22.2 Å². The zero-order chi connectivity index (χ0) is 21.5. The van der Waals surface area contributed by atoms with Gasteiger partial charge in [0.15, 0.2) is 0 Å². The van der Waals surface area contributed by atoms with E-state index in [1.54, 1.807) is 4.90 Å². The highest BCUT2D eigenvalue weighted by atomic mass is 16.2. The summed E-state index contributed by atoms with van der Waals surface area (Å²) >= 11 is 0. The number of nitrogens with one attached hydrogen (secondary N) is 3. The van der Waals surface area contributed by atoms with Crippen LogP contribution in [0.4, 0.5) is 10.5 Å². The maximum absolute atomic E-state index is 12.9. The van der Waals surface area contributed by atoms with Crippen LogP contribution in [-0.4, -0.2) is 30.0 Å². The van der Waals surface area contributed by atoms with Crippen LogP contribution in [0.3, 0.4) is 0 Å². The molecule has 1 aromatic heterocycles. The number of urea groups is 1. The number of H-pyrrole nitrogens is 1. The fraction of sp³-hybridized carbons (Fsp3) is 0.333. The molecule has 3 amide bonds. The molecule has 0 bridgehead atoms. The van der Waals surface area contributed by atoms with Crippen molar-refractivity contribution in [2.75, 3.05) is 18.0 Å². The number of rotatable bonds is 4. The summed E-state index contributed by atoms with van der Waals surface area (Å²) in [7, 11) is 0. The van der Waals surface area contributed by atoms with Crippen LogP contribution in [-0.2, 0) is 5.41 Å². The summed E-state index contributed by atoms with van der Waals surface area (Å²) < 4.78 is 0. The number of amides is 3. The van der Waals surface area contributed by atoms with Crippen molar-refractivity contribution in [2.24, 2.45) is 0 Å². The lowest BCUT2D eigenvalue weighted by Gasteiger charge is -2.18. The molecule has 1 unspecified atom stereocenters. The SMILES string of the molecule is CC(NC(=O)c1cc2cc(C(C)(C)C)ccc2[nH]1)c1cccc(N2CCNC2=O)c1. The fourth-order valence-electron chi connectivity index (χ4n) is 3.76. The molecule has 0 spiro atoms. The molecule has 3 N–H and O–H groups in total. The first-order chi connectivity index (χ1) is 14.2. The molecule has 0 radical (unpaired) electrons. The maximum atomic E-state index is 12.9. The average Bonchev–Trinajstić information content (AvgIpc) is 3.32. The smallest absolute Gasteiger partial charge is 0.321 e. The molecule has 1 aliphatic rings. The van der Waals surface area contributed by atoms with Gasteiger partial charge in [0.05, 0.1) is 6.04 Å². The molecule has 1 aliphatic heterocycles. The second-order valence-corrected chi connectivity index (χ2v) is 8.91. The van der Waals surface area contributed by atoms with Gasteiger partial charge in [0.1, 0.15) is 5.69 Å². The average molecular weight is 405 g/mol. The van der Waals surface area contributed by atoms with Crippen LogP contribution >= 0.6 is 0 Å². The zero-order valence-electron chi connectivity index (χ0n) is 17.9. The number of hydrogen-bond donors (Lipinski definition) is 3. The molecule has 1 saturated heterocycles. The Hall–Kier alpha value is -3.28. The lowest BCUT2D eigenvalue weighted by atomic mass is 9.86. The lowest BCUT2D eigenvalue weighted by molar-refractivity contribution is 0.0935. The summed E-state index contributed by atoms with van der Waals surface area (Å²) in [5.74, 6) is -0.152. The second kappa shape index (κ2) is 7.52. The highest BCUT2D eigenvalue weighted by molar-refractivity contribution is 5.98. The number of nitrogens with zero attached hydrogens (tertiary/aromatic N) is 1. The highest BCUT2D eigenvalue weighted by Gasteiger charge is 2.22. The number of anilines is 1. The monoisotopic (exact) mass is 404 g/mol. The van der Waals surface area contributed by atoms with Crippen LogP contribution in [0.1, 0.15) is 55.4 Å². The van der Waals surface area contributed by atoms with Crippen LogP contribution in [0, 0.1) is 0 Å². The summed E-state index contributed by atoms with van der Waals surface area (Å²) in [5.41, 5.74) is 4.56. The first-order valence-corrected chi connectivity index (χ1v) is 10.3. The van der Waals surface area contributed by atoms with E-state index in [0.29, 0.717) is 18.8 Å². The van der Waals surface area contributed by atoms with E-state index < -0.39 is 0 Å². The van der Waals surface area contributed by atoms with Crippen molar-refractivity contribution in [3.05, 3.63) is 65.4 Å². The van der Waals surface area contributed by atoms with Gasteiger partial charge in [0.2, 0.25) is 0 Å². The minimum Gasteiger partial charge on any atom is -0.351 e. The van der Waals surface area contributed by atoms with Crippen molar-refractivity contribution < 1.29 is 9.59 Å². The first kappa shape index (κ1) is 20.0. The molecular weight excluding hydrogens is 376 g/mol. The Morgan fingerprint density at radius 2 is 1.93 bits per heavy atom. The van der Waals surface area contributed by atoms with Gasteiger partial charge >= 0.3 is 6.03 Å². The Labute approximate surface area is 176 Å². The van der Waals surface area contributed by atoms with Gasteiger partial charge in [-0.15, -0.1) is 0 Å². The number of hydrogen-bond acceptors (Lipinski definition) is 2. The molecular formula is C24H28N4O2. The van der Waals surface area contributed by atoms with Crippen molar-refractivity contribution in [2.45, 2.75) is 39.2 Å². The van der Waals surface area contributed by atoms with Crippen molar-refractivity contribution in [1.82, 2.24) is 15.6 Å². The largest absolute Gasteiger partial charge is 0.351 e. The fourth-order valence-corrected chi connectivity index (χ4v) is 3.76. The van der Waals surface area contributed by atoms with E-state index in [1.165, 1.54) is 5.56 Å². The summed E-state index contributed by atoms with van der Waals surface area (Å²) in [5, 5.41) is 6.90. The molecule has 2 aromatic carbocycles. The van der Waals surface area contributed by atoms with Crippen molar-refractivity contribution in [1.29, 1.82) is 0 Å². The number of fused-ring (bicyclic) bond motifs is 1. The Morgan fingerprint density at radius 3 is 2.63 bits per heavy atom. The number of benzene rings is 2. The third kappa shape index (κ3) is 3.90. The molecule has 6 heteroatoms. The van der Waals surface area contributed by atoms with E-state index in [9.17, 15) is 9.59 Å². The van der Waals surface area contributed by atoms with E-state index >= 15 is 0 Å². The number of carbonyl (C=O) groups is 2. The predicted molar refractivity (Wildman–Crippen MR) is 120 cm³/mol. The second-order valence-electron chi connectivity index (χ2n) is 8.91. The van der Waals surface area contributed by atoms with Crippen LogP contribution < -0.4 is 15.5 Å². The van der Waals surface area contributed by atoms with Gasteiger partial charge in [-0.3, -0.25) is 9.69 Å². The Kier molecular flexibility index (Phi) is 5.02. The molecule has 156 valence electrons. The van der Waals surface area contributed by atoms with E-state index in [-0.39, 0.29) is 23.4 Å². The van der Waals surface area contributed by atoms with Crippen LogP contribution in [0.5, 0.6) is 0 Å². The Balaban J connectivity index is 1.51. The van der Waals surface area contributed by atoms with Crippen molar-refractivity contribution in [3.8, 4) is 0 Å². The Morgan fingerprint density at radius 1 is 1.13 bits per heavy atom. The van der Waals surface area contributed by atoms with Crippen LogP contribution in [0.25, 0.3) is 10.9 Å². The highest BCUT2D eigenvalue weighted by Crippen LogP contribution is 2.27. The summed E-state index contributed by atoms with van der Waals surface area (Å²) in [6.07, 6.45) is 0. The minimum atomic E-state index is -0.195. The maximum Gasteiger partial charge on any atom is 0.321 e. The zero-order valence-corrected chi connectivity index (χ0v) is 17.9. The van der Waals surface area contributed by atoms with Gasteiger partial charge in [0, 0.05) is 29.7 Å². The Bertz CT molecular complexity index is 1110. The predicted octanol–water partition coefficient (Wildman–Crippen LogP) is 4.49. The van der Waals surface area contributed by atoms with Gasteiger partial charge in [-0.2, -0.15) is 0 Å². The van der Waals surface area contributed by atoms with Gasteiger partial charge in [-0.1, -0.05) is 39.0 Å². The molecule has 4 rings (SSSR count). The standard InChI is InChI=1S/C24H28N4O2/c1-15(16-6-5-7-19(13-16)28-11-10-25-23(28)30)26-22(29)21-14-17-12-18(24(2,3)4)8-9-20(17)27-21/h5-9,12-15,27H,10-11H2,1-4H3,(H,25,30)(H,26,29). The summed E-state index contributed by atoms with van der Waals surface area (Å²) in [6.45, 7) is 9.77. The number of carbonyl (C=O) groups excluding carboxylic acids is 2. The van der Waals surface area contributed by atoms with Crippen molar-refractivity contribution in [3.63, 3.8) is 0 Å².